The number of aromatic nitrogens is 1. The van der Waals surface area contributed by atoms with Gasteiger partial charge < -0.3 is 19.1 Å². The molecule has 2 N–H and O–H groups in total. The molecule has 0 aliphatic carbocycles. The summed E-state index contributed by atoms with van der Waals surface area (Å²) < 4.78 is 16.0. The number of nitrogens with zero attached hydrogens (tertiary/aromatic N) is 2. The number of carbonyl (C=O) groups excluding carboxylic acids is 1. The smallest absolute Gasteiger partial charge is 0.240 e. The van der Waals surface area contributed by atoms with Gasteiger partial charge in [-0.1, -0.05) is 25.9 Å². The zero-order valence-electron chi connectivity index (χ0n) is 16.9. The normalized spacial score (nSPS) is 17.1. The van der Waals surface area contributed by atoms with E-state index in [-0.39, 0.29) is 17.9 Å². The SMILES string of the molecule is COc1ccc(OC)c2c1CN(CC(=O)Nc1cc(C(C)(C)C)no1)C[C@@H]2O. The lowest BCUT2D eigenvalue weighted by atomic mass is 9.92. The number of β-amino-alcohol motifs (C(OH)–C–C–N with tert-alkyl or cyclic N) is 1. The Morgan fingerprint density at radius 3 is 2.61 bits per heavy atom. The minimum atomic E-state index is -0.778. The maximum atomic E-state index is 12.5. The van der Waals surface area contributed by atoms with Crippen molar-refractivity contribution < 1.29 is 23.9 Å². The predicted molar refractivity (Wildman–Crippen MR) is 104 cm³/mol. The van der Waals surface area contributed by atoms with Gasteiger partial charge in [-0.05, 0) is 12.1 Å². The van der Waals surface area contributed by atoms with Gasteiger partial charge in [-0.25, -0.2) is 0 Å². The Morgan fingerprint density at radius 2 is 2.00 bits per heavy atom. The fourth-order valence-electron chi connectivity index (χ4n) is 3.33. The van der Waals surface area contributed by atoms with Crippen molar-refractivity contribution in [2.45, 2.75) is 38.8 Å². The monoisotopic (exact) mass is 389 g/mol. The average Bonchev–Trinajstić information content (AvgIpc) is 3.09. The third-order valence-electron chi connectivity index (χ3n) is 4.77. The van der Waals surface area contributed by atoms with Crippen LogP contribution in [0.4, 0.5) is 5.88 Å². The van der Waals surface area contributed by atoms with Crippen LogP contribution in [0.5, 0.6) is 11.5 Å². The number of amides is 1. The fourth-order valence-corrected chi connectivity index (χ4v) is 3.33. The summed E-state index contributed by atoms with van der Waals surface area (Å²) in [4.78, 5) is 14.3. The zero-order valence-corrected chi connectivity index (χ0v) is 16.9. The Hall–Kier alpha value is -2.58. The quantitative estimate of drug-likeness (QED) is 0.811. The van der Waals surface area contributed by atoms with Gasteiger partial charge >= 0.3 is 0 Å². The molecule has 1 aromatic heterocycles. The summed E-state index contributed by atoms with van der Waals surface area (Å²) >= 11 is 0. The van der Waals surface area contributed by atoms with E-state index in [9.17, 15) is 9.90 Å². The van der Waals surface area contributed by atoms with Gasteiger partial charge in [0.05, 0.1) is 32.6 Å². The fraction of sp³-hybridized carbons (Fsp3) is 0.500. The van der Waals surface area contributed by atoms with Gasteiger partial charge in [0.1, 0.15) is 11.5 Å². The van der Waals surface area contributed by atoms with Crippen molar-refractivity contribution in [2.75, 3.05) is 32.6 Å². The second-order valence-corrected chi connectivity index (χ2v) is 7.92. The molecule has 8 nitrogen and oxygen atoms in total. The lowest BCUT2D eigenvalue weighted by molar-refractivity contribution is -0.118. The van der Waals surface area contributed by atoms with E-state index in [0.717, 1.165) is 11.3 Å². The molecule has 3 rings (SSSR count). The van der Waals surface area contributed by atoms with Crippen molar-refractivity contribution in [1.82, 2.24) is 10.1 Å². The maximum absolute atomic E-state index is 12.5. The first-order valence-electron chi connectivity index (χ1n) is 9.14. The molecule has 0 fully saturated rings. The molecule has 2 aromatic rings. The average molecular weight is 389 g/mol. The number of anilines is 1. The first kappa shape index (κ1) is 20.2. The Bertz CT molecular complexity index is 856. The highest BCUT2D eigenvalue weighted by Gasteiger charge is 2.30. The summed E-state index contributed by atoms with van der Waals surface area (Å²) in [6, 6.07) is 5.31. The van der Waals surface area contributed by atoms with Crippen LogP contribution in [0.15, 0.2) is 22.7 Å². The molecule has 0 bridgehead atoms. The molecule has 1 aliphatic rings. The van der Waals surface area contributed by atoms with E-state index in [2.05, 4.69) is 10.5 Å². The number of benzene rings is 1. The number of hydrogen-bond donors (Lipinski definition) is 2. The second kappa shape index (κ2) is 7.81. The number of hydrogen-bond acceptors (Lipinski definition) is 7. The van der Waals surface area contributed by atoms with Gasteiger partial charge in [0.15, 0.2) is 0 Å². The number of methoxy groups -OCH3 is 2. The molecule has 2 heterocycles. The highest BCUT2D eigenvalue weighted by atomic mass is 16.5. The summed E-state index contributed by atoms with van der Waals surface area (Å²) in [6.07, 6.45) is -0.778. The van der Waals surface area contributed by atoms with Crippen LogP contribution in [-0.4, -0.2) is 48.4 Å². The molecule has 28 heavy (non-hydrogen) atoms. The number of nitrogens with one attached hydrogen (secondary N) is 1. The Labute approximate surface area is 164 Å². The minimum Gasteiger partial charge on any atom is -0.496 e. The van der Waals surface area contributed by atoms with Crippen molar-refractivity contribution >= 4 is 11.8 Å². The van der Waals surface area contributed by atoms with Crippen molar-refractivity contribution in [3.63, 3.8) is 0 Å². The first-order chi connectivity index (χ1) is 13.2. The molecule has 8 heteroatoms. The lowest BCUT2D eigenvalue weighted by Crippen LogP contribution is -2.39. The van der Waals surface area contributed by atoms with Gasteiger partial charge in [0.2, 0.25) is 11.8 Å². The van der Waals surface area contributed by atoms with E-state index in [1.54, 1.807) is 32.4 Å². The van der Waals surface area contributed by atoms with Crippen LogP contribution in [0.3, 0.4) is 0 Å². The van der Waals surface area contributed by atoms with E-state index >= 15 is 0 Å². The molecule has 0 saturated carbocycles. The molecule has 0 spiro atoms. The number of rotatable bonds is 5. The molecule has 1 amide bonds. The van der Waals surface area contributed by atoms with E-state index in [4.69, 9.17) is 14.0 Å². The molecule has 0 radical (unpaired) electrons. The third-order valence-corrected chi connectivity index (χ3v) is 4.77. The molecule has 1 aromatic carbocycles. The third kappa shape index (κ3) is 4.13. The molecule has 1 aliphatic heterocycles. The summed E-state index contributed by atoms with van der Waals surface area (Å²) in [5.41, 5.74) is 2.14. The van der Waals surface area contributed by atoms with Crippen molar-refractivity contribution in [1.29, 1.82) is 0 Å². The highest BCUT2D eigenvalue weighted by Crippen LogP contribution is 2.39. The molecular weight excluding hydrogens is 362 g/mol. The summed E-state index contributed by atoms with van der Waals surface area (Å²) in [5, 5.41) is 17.3. The summed E-state index contributed by atoms with van der Waals surface area (Å²) in [5.74, 6) is 1.34. The van der Waals surface area contributed by atoms with E-state index in [1.165, 1.54) is 0 Å². The van der Waals surface area contributed by atoms with E-state index in [1.807, 2.05) is 25.7 Å². The van der Waals surface area contributed by atoms with Crippen molar-refractivity contribution in [3.05, 3.63) is 35.0 Å². The van der Waals surface area contributed by atoms with Crippen LogP contribution in [-0.2, 0) is 16.8 Å². The molecule has 1 atom stereocenters. The van der Waals surface area contributed by atoms with Crippen LogP contribution in [0.1, 0.15) is 43.7 Å². The van der Waals surface area contributed by atoms with Crippen LogP contribution < -0.4 is 14.8 Å². The zero-order chi connectivity index (χ0) is 20.5. The van der Waals surface area contributed by atoms with Crippen LogP contribution in [0.25, 0.3) is 0 Å². The predicted octanol–water partition coefficient (Wildman–Crippen LogP) is 2.48. The van der Waals surface area contributed by atoms with Crippen molar-refractivity contribution in [2.24, 2.45) is 0 Å². The topological polar surface area (TPSA) is 97.1 Å². The van der Waals surface area contributed by atoms with E-state index in [0.29, 0.717) is 36.0 Å². The lowest BCUT2D eigenvalue weighted by Gasteiger charge is -2.33. The number of carbonyl (C=O) groups is 1. The molecule has 0 unspecified atom stereocenters. The first-order valence-corrected chi connectivity index (χ1v) is 9.14. The standard InChI is InChI=1S/C20H27N3O5/c1-20(2,3)16-8-18(28-22-16)21-17(25)11-23-9-12-14(26-4)6-7-15(27-5)19(12)13(24)10-23/h6-8,13,24H,9-11H2,1-5H3,(H,21,25)/t13-/m0/s1. The van der Waals surface area contributed by atoms with Gasteiger partial charge in [0, 0.05) is 35.7 Å². The van der Waals surface area contributed by atoms with Gasteiger partial charge in [-0.3, -0.25) is 15.0 Å². The van der Waals surface area contributed by atoms with E-state index < -0.39 is 6.10 Å². The number of ether oxygens (including phenoxy) is 2. The molecule has 152 valence electrons. The van der Waals surface area contributed by atoms with Crippen molar-refractivity contribution in [3.8, 4) is 11.5 Å². The highest BCUT2D eigenvalue weighted by molar-refractivity contribution is 5.91. The van der Waals surface area contributed by atoms with Gasteiger partial charge in [-0.15, -0.1) is 0 Å². The van der Waals surface area contributed by atoms with Crippen LogP contribution in [0.2, 0.25) is 0 Å². The second-order valence-electron chi connectivity index (χ2n) is 7.92. The molecular formula is C20H27N3O5. The largest absolute Gasteiger partial charge is 0.496 e. The Morgan fingerprint density at radius 1 is 1.32 bits per heavy atom. The van der Waals surface area contributed by atoms with Gasteiger partial charge in [-0.2, -0.15) is 0 Å². The van der Waals surface area contributed by atoms with Crippen LogP contribution in [0, 0.1) is 0 Å². The van der Waals surface area contributed by atoms with Gasteiger partial charge in [0.25, 0.3) is 0 Å². The summed E-state index contributed by atoms with van der Waals surface area (Å²) in [7, 11) is 3.15. The number of fused-ring (bicyclic) bond motifs is 1. The maximum Gasteiger partial charge on any atom is 0.240 e. The number of aliphatic hydroxyl groups is 1. The Kier molecular flexibility index (Phi) is 5.62. The Balaban J connectivity index is 1.71. The molecule has 0 saturated heterocycles. The minimum absolute atomic E-state index is 0.0996. The summed E-state index contributed by atoms with van der Waals surface area (Å²) in [6.45, 7) is 6.93. The van der Waals surface area contributed by atoms with Crippen LogP contribution >= 0.6 is 0 Å². The number of aliphatic hydroxyl groups excluding tert-OH is 1.